The number of aromatic nitrogens is 2. The molecule has 1 aromatic carbocycles. The van der Waals surface area contributed by atoms with Crippen LogP contribution in [0, 0.1) is 11.9 Å². The highest BCUT2D eigenvalue weighted by Crippen LogP contribution is 2.52. The topological polar surface area (TPSA) is 82.3 Å². The summed E-state index contributed by atoms with van der Waals surface area (Å²) in [6.07, 6.45) is 8.55. The fraction of sp³-hybridized carbons (Fsp3) is 0.385. The molecule has 2 aliphatic heterocycles. The van der Waals surface area contributed by atoms with E-state index in [-0.39, 0.29) is 6.04 Å². The molecule has 0 amide bonds. The third-order valence-corrected chi connectivity index (χ3v) is 7.62. The molecule has 0 radical (unpaired) electrons. The molecule has 2 aromatic heterocycles. The number of nitrogens with one attached hydrogen (secondary N) is 1. The van der Waals surface area contributed by atoms with Gasteiger partial charge < -0.3 is 20.5 Å². The Morgan fingerprint density at radius 3 is 2.68 bits per heavy atom. The van der Waals surface area contributed by atoms with Crippen molar-refractivity contribution in [1.29, 1.82) is 0 Å². The minimum Gasteiger partial charge on any atom is -0.455 e. The highest BCUT2D eigenvalue weighted by Gasteiger charge is 2.50. The Balaban J connectivity index is 1.46. The van der Waals surface area contributed by atoms with Crippen molar-refractivity contribution in [2.45, 2.75) is 50.0 Å². The van der Waals surface area contributed by atoms with Crippen molar-refractivity contribution in [3.63, 3.8) is 0 Å². The van der Waals surface area contributed by atoms with Crippen molar-refractivity contribution in [3.05, 3.63) is 71.0 Å². The molecule has 8 heteroatoms. The molecule has 0 bridgehead atoms. The first-order chi connectivity index (χ1) is 16.5. The molecule has 1 saturated carbocycles. The number of ether oxygens (including phenoxy) is 2. The smallest absolute Gasteiger partial charge is 0.220 e. The van der Waals surface area contributed by atoms with E-state index in [1.54, 1.807) is 24.4 Å². The van der Waals surface area contributed by atoms with Gasteiger partial charge in [0.05, 0.1) is 6.20 Å². The van der Waals surface area contributed by atoms with Crippen molar-refractivity contribution >= 4 is 11.6 Å². The van der Waals surface area contributed by atoms with E-state index in [2.05, 4.69) is 15.3 Å². The maximum absolute atomic E-state index is 14.5. The van der Waals surface area contributed by atoms with E-state index in [1.807, 2.05) is 18.2 Å². The number of nitrogens with zero attached hydrogens (tertiary/aromatic N) is 2. The molecule has 176 valence electrons. The highest BCUT2D eigenvalue weighted by atomic mass is 35.5. The van der Waals surface area contributed by atoms with Crippen LogP contribution in [0.4, 0.5) is 4.39 Å². The van der Waals surface area contributed by atoms with Crippen LogP contribution in [0.2, 0.25) is 5.15 Å². The number of rotatable bonds is 2. The van der Waals surface area contributed by atoms with Crippen molar-refractivity contribution in [1.82, 2.24) is 15.3 Å². The predicted molar refractivity (Wildman–Crippen MR) is 127 cm³/mol. The molecule has 3 aromatic rings. The molecule has 3 aliphatic rings. The fourth-order valence-electron chi connectivity index (χ4n) is 5.75. The zero-order valence-corrected chi connectivity index (χ0v) is 19.4. The van der Waals surface area contributed by atoms with Gasteiger partial charge in [-0.15, -0.1) is 0 Å². The quantitative estimate of drug-likeness (QED) is 0.494. The Kier molecular flexibility index (Phi) is 5.53. The van der Waals surface area contributed by atoms with Gasteiger partial charge in [-0.1, -0.05) is 36.9 Å². The zero-order valence-electron chi connectivity index (χ0n) is 18.6. The second kappa shape index (κ2) is 8.57. The Morgan fingerprint density at radius 2 is 1.88 bits per heavy atom. The Bertz CT molecular complexity index is 1240. The molecule has 1 saturated heterocycles. The summed E-state index contributed by atoms with van der Waals surface area (Å²) in [5.41, 5.74) is 8.37. The molecular formula is C26H26ClFN4O2. The minimum absolute atomic E-state index is 0.0666. The molecule has 6 nitrogen and oxygen atoms in total. The summed E-state index contributed by atoms with van der Waals surface area (Å²) < 4.78 is 27.5. The summed E-state index contributed by atoms with van der Waals surface area (Å²) >= 11 is 6.31. The Hall–Kier alpha value is -2.58. The summed E-state index contributed by atoms with van der Waals surface area (Å²) in [6, 6.07) is 10.8. The van der Waals surface area contributed by atoms with E-state index in [0.29, 0.717) is 40.2 Å². The molecule has 6 rings (SSSR count). The molecule has 1 unspecified atom stereocenters. The maximum Gasteiger partial charge on any atom is 0.220 e. The van der Waals surface area contributed by atoms with E-state index >= 15 is 0 Å². The Morgan fingerprint density at radius 1 is 1.06 bits per heavy atom. The van der Waals surface area contributed by atoms with Crippen molar-refractivity contribution in [2.24, 2.45) is 11.7 Å². The standard InChI is InChI=1S/C26H26ClFN4O2/c27-22-12-19-21(13-31-22)33-20-9-8-16(17-7-4-10-30-24(17)28)11-18(20)26(19)14-32-23(25(29)34-26)15-5-2-1-3-6-15/h4,7-13,15,23,25,32H,1-3,5-6,14,29H2/t23-,25?,26+/m0/s1. The number of hydrogen-bond acceptors (Lipinski definition) is 6. The van der Waals surface area contributed by atoms with Crippen molar-refractivity contribution < 1.29 is 13.9 Å². The second-order valence-corrected chi connectivity index (χ2v) is 9.76. The summed E-state index contributed by atoms with van der Waals surface area (Å²) in [4.78, 5) is 8.01. The average Bonchev–Trinajstić information content (AvgIpc) is 2.86. The SMILES string of the molecule is NC1O[C@]2(CN[C@H]1C1CCCCC1)c1cc(-c3cccnc3F)ccc1Oc1cnc(Cl)cc12. The van der Waals surface area contributed by atoms with Gasteiger partial charge in [-0.05, 0) is 54.7 Å². The van der Waals surface area contributed by atoms with Gasteiger partial charge in [-0.2, -0.15) is 4.39 Å². The van der Waals surface area contributed by atoms with Gasteiger partial charge in [0.1, 0.15) is 22.7 Å². The molecular weight excluding hydrogens is 455 g/mol. The number of pyridine rings is 2. The predicted octanol–water partition coefficient (Wildman–Crippen LogP) is 5.14. The lowest BCUT2D eigenvalue weighted by Gasteiger charge is -2.49. The van der Waals surface area contributed by atoms with Crippen LogP contribution >= 0.6 is 11.6 Å². The van der Waals surface area contributed by atoms with Crippen LogP contribution in [0.1, 0.15) is 43.2 Å². The normalized spacial score (nSPS) is 26.6. The number of nitrogens with two attached hydrogens (primary N) is 1. The van der Waals surface area contributed by atoms with Gasteiger partial charge in [0, 0.05) is 35.5 Å². The monoisotopic (exact) mass is 480 g/mol. The largest absolute Gasteiger partial charge is 0.455 e. The molecule has 4 heterocycles. The molecule has 3 N–H and O–H groups in total. The van der Waals surface area contributed by atoms with E-state index in [4.69, 9.17) is 26.8 Å². The Labute approximate surface area is 202 Å². The van der Waals surface area contributed by atoms with Crippen molar-refractivity contribution in [3.8, 4) is 22.6 Å². The first kappa shape index (κ1) is 21.9. The van der Waals surface area contributed by atoms with Gasteiger partial charge in [0.15, 0.2) is 5.75 Å². The van der Waals surface area contributed by atoms with Crippen LogP contribution < -0.4 is 15.8 Å². The zero-order chi connectivity index (χ0) is 23.3. The lowest BCUT2D eigenvalue weighted by atomic mass is 9.78. The van der Waals surface area contributed by atoms with Crippen LogP contribution in [-0.2, 0) is 10.3 Å². The van der Waals surface area contributed by atoms with Gasteiger partial charge in [0.25, 0.3) is 0 Å². The average molecular weight is 481 g/mol. The number of halogens is 2. The van der Waals surface area contributed by atoms with E-state index < -0.39 is 17.8 Å². The van der Waals surface area contributed by atoms with E-state index in [1.165, 1.54) is 25.5 Å². The van der Waals surface area contributed by atoms with Crippen LogP contribution in [0.5, 0.6) is 11.5 Å². The summed E-state index contributed by atoms with van der Waals surface area (Å²) in [5, 5.41) is 4.05. The first-order valence-electron chi connectivity index (χ1n) is 11.8. The number of hydrogen-bond donors (Lipinski definition) is 2. The molecule has 1 spiro atoms. The van der Waals surface area contributed by atoms with Gasteiger partial charge in [-0.25, -0.2) is 9.97 Å². The van der Waals surface area contributed by atoms with E-state index in [9.17, 15) is 4.39 Å². The van der Waals surface area contributed by atoms with Gasteiger partial charge in [-0.3, -0.25) is 0 Å². The molecule has 34 heavy (non-hydrogen) atoms. The van der Waals surface area contributed by atoms with Crippen LogP contribution in [0.25, 0.3) is 11.1 Å². The van der Waals surface area contributed by atoms with Crippen LogP contribution in [0.15, 0.2) is 48.8 Å². The van der Waals surface area contributed by atoms with Gasteiger partial charge >= 0.3 is 0 Å². The summed E-state index contributed by atoms with van der Waals surface area (Å²) in [6.45, 7) is 0.491. The second-order valence-electron chi connectivity index (χ2n) is 9.37. The summed E-state index contributed by atoms with van der Waals surface area (Å²) in [5.74, 6) is 1.14. The minimum atomic E-state index is -0.950. The lowest BCUT2D eigenvalue weighted by molar-refractivity contribution is -0.129. The highest BCUT2D eigenvalue weighted by molar-refractivity contribution is 6.29. The first-order valence-corrected chi connectivity index (χ1v) is 12.2. The third kappa shape index (κ3) is 3.58. The maximum atomic E-state index is 14.5. The molecule has 3 atom stereocenters. The number of fused-ring (bicyclic) bond motifs is 4. The molecule has 1 aliphatic carbocycles. The number of morpholine rings is 1. The lowest BCUT2D eigenvalue weighted by Crippen LogP contribution is -2.63. The molecule has 2 fully saturated rings. The van der Waals surface area contributed by atoms with Gasteiger partial charge in [0.2, 0.25) is 5.95 Å². The third-order valence-electron chi connectivity index (χ3n) is 7.41. The van der Waals surface area contributed by atoms with Crippen molar-refractivity contribution in [2.75, 3.05) is 6.54 Å². The fourth-order valence-corrected chi connectivity index (χ4v) is 5.91. The number of benzene rings is 1. The van der Waals surface area contributed by atoms with E-state index in [0.717, 1.165) is 24.0 Å². The van der Waals surface area contributed by atoms with Crippen LogP contribution in [0.3, 0.4) is 0 Å². The van der Waals surface area contributed by atoms with Crippen LogP contribution in [-0.4, -0.2) is 28.8 Å². The summed E-state index contributed by atoms with van der Waals surface area (Å²) in [7, 11) is 0.